The van der Waals surface area contributed by atoms with E-state index < -0.39 is 5.97 Å². The van der Waals surface area contributed by atoms with E-state index in [0.717, 1.165) is 24.4 Å². The van der Waals surface area contributed by atoms with Crippen molar-refractivity contribution < 1.29 is 9.90 Å². The van der Waals surface area contributed by atoms with Crippen molar-refractivity contribution in [2.75, 3.05) is 20.6 Å². The number of hydrogen-bond donors (Lipinski definition) is 1. The molecule has 0 aliphatic heterocycles. The molecule has 0 atom stereocenters. The van der Waals surface area contributed by atoms with E-state index in [2.05, 4.69) is 9.88 Å². The van der Waals surface area contributed by atoms with Gasteiger partial charge in [0.05, 0.1) is 17.1 Å². The average Bonchev–Trinajstić information content (AvgIpc) is 2.50. The Morgan fingerprint density at radius 2 is 2.33 bits per heavy atom. The number of aromatic nitrogens is 1. The fourth-order valence-corrected chi connectivity index (χ4v) is 2.09. The van der Waals surface area contributed by atoms with Crippen molar-refractivity contribution >= 4 is 17.3 Å². The van der Waals surface area contributed by atoms with Crippen molar-refractivity contribution in [1.82, 2.24) is 9.88 Å². The van der Waals surface area contributed by atoms with Crippen LogP contribution in [0.25, 0.3) is 0 Å². The van der Waals surface area contributed by atoms with E-state index >= 15 is 0 Å². The third kappa shape index (κ3) is 4.90. The molecule has 84 valence electrons. The zero-order valence-corrected chi connectivity index (χ0v) is 9.88. The maximum atomic E-state index is 10.4. The number of rotatable bonds is 6. The molecular weight excluding hydrogens is 212 g/mol. The summed E-state index contributed by atoms with van der Waals surface area (Å²) >= 11 is 1.55. The number of thiazole rings is 1. The number of hydrogen-bond acceptors (Lipinski definition) is 4. The normalized spacial score (nSPS) is 10.9. The molecule has 0 radical (unpaired) electrons. The van der Waals surface area contributed by atoms with Crippen molar-refractivity contribution in [2.24, 2.45) is 0 Å². The molecule has 0 aliphatic rings. The zero-order valence-electron chi connectivity index (χ0n) is 9.06. The summed E-state index contributed by atoms with van der Waals surface area (Å²) in [4.78, 5) is 16.8. The van der Waals surface area contributed by atoms with Crippen LogP contribution in [0.3, 0.4) is 0 Å². The molecule has 0 unspecified atom stereocenters. The minimum atomic E-state index is -0.819. The van der Waals surface area contributed by atoms with Gasteiger partial charge in [0.2, 0.25) is 0 Å². The highest BCUT2D eigenvalue weighted by molar-refractivity contribution is 7.09. The summed E-state index contributed by atoms with van der Waals surface area (Å²) in [7, 11) is 4.08. The maximum Gasteiger partial charge on any atom is 0.309 e. The zero-order chi connectivity index (χ0) is 11.3. The van der Waals surface area contributed by atoms with E-state index in [-0.39, 0.29) is 6.42 Å². The highest BCUT2D eigenvalue weighted by Gasteiger charge is 2.05. The minimum Gasteiger partial charge on any atom is -0.481 e. The summed E-state index contributed by atoms with van der Waals surface area (Å²) in [5.74, 6) is -0.819. The Labute approximate surface area is 93.6 Å². The first-order chi connectivity index (χ1) is 7.08. The van der Waals surface area contributed by atoms with E-state index in [1.165, 1.54) is 0 Å². The summed E-state index contributed by atoms with van der Waals surface area (Å²) in [6, 6.07) is 0. The van der Waals surface area contributed by atoms with Crippen LogP contribution in [0.1, 0.15) is 17.1 Å². The highest BCUT2D eigenvalue weighted by Crippen LogP contribution is 2.12. The molecule has 0 aromatic carbocycles. The molecule has 0 saturated heterocycles. The summed E-state index contributed by atoms with van der Waals surface area (Å²) in [6.07, 6.45) is 2.03. The predicted octanol–water partition coefficient (Wildman–Crippen LogP) is 1.26. The topological polar surface area (TPSA) is 53.4 Å². The largest absolute Gasteiger partial charge is 0.481 e. The van der Waals surface area contributed by atoms with Gasteiger partial charge in [0.1, 0.15) is 0 Å². The number of carboxylic acids is 1. The predicted molar refractivity (Wildman–Crippen MR) is 60.3 cm³/mol. The molecule has 1 rings (SSSR count). The molecule has 0 amide bonds. The SMILES string of the molecule is CN(C)CCCc1nc(CC(=O)O)cs1. The Kier molecular flexibility index (Phi) is 4.71. The molecule has 0 aliphatic carbocycles. The Bertz CT molecular complexity index is 323. The molecule has 1 N–H and O–H groups in total. The lowest BCUT2D eigenvalue weighted by molar-refractivity contribution is -0.136. The molecule has 15 heavy (non-hydrogen) atoms. The van der Waals surface area contributed by atoms with E-state index in [9.17, 15) is 4.79 Å². The molecular formula is C10H16N2O2S. The van der Waals surface area contributed by atoms with Crippen LogP contribution in [0, 0.1) is 0 Å². The molecule has 1 heterocycles. The van der Waals surface area contributed by atoms with Gasteiger partial charge >= 0.3 is 5.97 Å². The van der Waals surface area contributed by atoms with Crippen LogP contribution >= 0.6 is 11.3 Å². The van der Waals surface area contributed by atoms with Crippen LogP contribution in [0.5, 0.6) is 0 Å². The van der Waals surface area contributed by atoms with Gasteiger partial charge in [0.15, 0.2) is 0 Å². The van der Waals surface area contributed by atoms with E-state index in [4.69, 9.17) is 5.11 Å². The van der Waals surface area contributed by atoms with Crippen molar-refractivity contribution in [3.63, 3.8) is 0 Å². The van der Waals surface area contributed by atoms with Gasteiger partial charge in [0, 0.05) is 11.8 Å². The first kappa shape index (κ1) is 12.1. The van der Waals surface area contributed by atoms with E-state index in [1.807, 2.05) is 19.5 Å². The van der Waals surface area contributed by atoms with Gasteiger partial charge in [-0.3, -0.25) is 4.79 Å². The second kappa shape index (κ2) is 5.82. The Morgan fingerprint density at radius 3 is 2.93 bits per heavy atom. The highest BCUT2D eigenvalue weighted by atomic mass is 32.1. The first-order valence-electron chi connectivity index (χ1n) is 4.87. The minimum absolute atomic E-state index is 0.0319. The van der Waals surface area contributed by atoms with Crippen LogP contribution in [0.2, 0.25) is 0 Å². The monoisotopic (exact) mass is 228 g/mol. The number of nitrogens with zero attached hydrogens (tertiary/aromatic N) is 2. The maximum absolute atomic E-state index is 10.4. The van der Waals surface area contributed by atoms with Crippen LogP contribution in [0.15, 0.2) is 5.38 Å². The summed E-state index contributed by atoms with van der Waals surface area (Å²) in [5.41, 5.74) is 0.673. The fourth-order valence-electron chi connectivity index (χ4n) is 1.25. The van der Waals surface area contributed by atoms with Gasteiger partial charge in [-0.1, -0.05) is 0 Å². The summed E-state index contributed by atoms with van der Waals surface area (Å²) in [5, 5.41) is 11.5. The van der Waals surface area contributed by atoms with Gasteiger partial charge in [-0.2, -0.15) is 0 Å². The number of carbonyl (C=O) groups is 1. The molecule has 0 spiro atoms. The van der Waals surface area contributed by atoms with Gasteiger partial charge in [0.25, 0.3) is 0 Å². The Morgan fingerprint density at radius 1 is 1.60 bits per heavy atom. The van der Waals surface area contributed by atoms with E-state index in [1.54, 1.807) is 11.3 Å². The number of carboxylic acid groups (broad SMARTS) is 1. The Balaban J connectivity index is 2.36. The lowest BCUT2D eigenvalue weighted by Crippen LogP contribution is -2.13. The van der Waals surface area contributed by atoms with Crippen LogP contribution in [0.4, 0.5) is 0 Å². The third-order valence-corrected chi connectivity index (χ3v) is 2.89. The fraction of sp³-hybridized carbons (Fsp3) is 0.600. The van der Waals surface area contributed by atoms with Gasteiger partial charge in [-0.15, -0.1) is 11.3 Å². The first-order valence-corrected chi connectivity index (χ1v) is 5.75. The average molecular weight is 228 g/mol. The molecule has 0 saturated carbocycles. The summed E-state index contributed by atoms with van der Waals surface area (Å²) in [6.45, 7) is 1.04. The molecule has 0 bridgehead atoms. The molecule has 5 heteroatoms. The molecule has 0 fully saturated rings. The lowest BCUT2D eigenvalue weighted by Gasteiger charge is -2.07. The molecule has 1 aromatic heterocycles. The summed E-state index contributed by atoms with van der Waals surface area (Å²) < 4.78 is 0. The standard InChI is InChI=1S/C10H16N2O2S/c1-12(2)5-3-4-9-11-8(7-15-9)6-10(13)14/h7H,3-6H2,1-2H3,(H,13,14). The van der Waals surface area contributed by atoms with Crippen molar-refractivity contribution in [2.45, 2.75) is 19.3 Å². The smallest absolute Gasteiger partial charge is 0.309 e. The van der Waals surface area contributed by atoms with Crippen molar-refractivity contribution in [1.29, 1.82) is 0 Å². The second-order valence-corrected chi connectivity index (χ2v) is 4.65. The lowest BCUT2D eigenvalue weighted by atomic mass is 10.3. The third-order valence-electron chi connectivity index (χ3n) is 1.93. The number of aryl methyl sites for hydroxylation is 1. The van der Waals surface area contributed by atoms with Crippen molar-refractivity contribution in [3.05, 3.63) is 16.1 Å². The van der Waals surface area contributed by atoms with E-state index in [0.29, 0.717) is 5.69 Å². The van der Waals surface area contributed by atoms with Crippen molar-refractivity contribution in [3.8, 4) is 0 Å². The van der Waals surface area contributed by atoms with Crippen LogP contribution in [-0.4, -0.2) is 41.6 Å². The number of aliphatic carboxylic acids is 1. The van der Waals surface area contributed by atoms with Gasteiger partial charge < -0.3 is 10.0 Å². The van der Waals surface area contributed by atoms with Crippen LogP contribution in [-0.2, 0) is 17.6 Å². The molecule has 4 nitrogen and oxygen atoms in total. The quantitative estimate of drug-likeness (QED) is 0.796. The van der Waals surface area contributed by atoms with Gasteiger partial charge in [-0.25, -0.2) is 4.98 Å². The second-order valence-electron chi connectivity index (χ2n) is 3.71. The van der Waals surface area contributed by atoms with Crippen LogP contribution < -0.4 is 0 Å². The molecule has 1 aromatic rings. The Hall–Kier alpha value is -0.940. The van der Waals surface area contributed by atoms with Gasteiger partial charge in [-0.05, 0) is 27.1 Å².